The zero-order valence-corrected chi connectivity index (χ0v) is 11.2. The van der Waals surface area contributed by atoms with E-state index in [0.29, 0.717) is 12.1 Å². The van der Waals surface area contributed by atoms with Crippen molar-refractivity contribution in [3.8, 4) is 0 Å². The third-order valence-corrected chi connectivity index (χ3v) is 4.69. The Morgan fingerprint density at radius 1 is 1.50 bits per heavy atom. The maximum absolute atomic E-state index is 11.6. The fraction of sp³-hybridized carbons (Fsp3) is 0.667. The van der Waals surface area contributed by atoms with Crippen LogP contribution in [0.2, 0.25) is 0 Å². The van der Waals surface area contributed by atoms with E-state index in [-0.39, 0.29) is 11.6 Å². The first-order chi connectivity index (χ1) is 8.67. The molecule has 0 aromatic rings. The molecule has 1 aliphatic carbocycles. The number of likely N-dealkylation sites (tertiary alicyclic amines) is 1. The molecule has 0 unspecified atom stereocenters. The van der Waals surface area contributed by atoms with Crippen molar-refractivity contribution in [1.82, 2.24) is 4.90 Å². The molecule has 3 aliphatic rings. The van der Waals surface area contributed by atoms with Gasteiger partial charge in [-0.25, -0.2) is 4.79 Å². The van der Waals surface area contributed by atoms with Crippen LogP contribution in [0.25, 0.3) is 0 Å². The van der Waals surface area contributed by atoms with E-state index in [4.69, 9.17) is 4.74 Å². The maximum Gasteiger partial charge on any atom is 0.332 e. The highest BCUT2D eigenvalue weighted by atomic mass is 16.6. The summed E-state index contributed by atoms with van der Waals surface area (Å²) in [6, 6.07) is 0.779. The number of rotatable bonds is 4. The average Bonchev–Trinajstić information content (AvgIpc) is 2.78. The van der Waals surface area contributed by atoms with E-state index in [1.54, 1.807) is 6.08 Å². The molecule has 0 saturated carbocycles. The van der Waals surface area contributed by atoms with Crippen molar-refractivity contribution in [3.05, 3.63) is 23.8 Å². The van der Waals surface area contributed by atoms with Crippen molar-refractivity contribution < 1.29 is 9.53 Å². The van der Waals surface area contributed by atoms with Gasteiger partial charge in [-0.05, 0) is 13.5 Å². The Hall–Kier alpha value is -1.09. The number of hydrogen-bond donors (Lipinski definition) is 0. The van der Waals surface area contributed by atoms with Crippen LogP contribution in [0.1, 0.15) is 39.0 Å². The Labute approximate surface area is 108 Å². The van der Waals surface area contributed by atoms with Gasteiger partial charge in [0.2, 0.25) is 0 Å². The molecule has 2 bridgehead atoms. The van der Waals surface area contributed by atoms with Gasteiger partial charge in [0.05, 0.1) is 6.04 Å². The molecule has 3 rings (SSSR count). The molecule has 1 saturated heterocycles. The number of ether oxygens (including phenoxy) is 1. The number of carbonyl (C=O) groups excluding carboxylic acids is 1. The van der Waals surface area contributed by atoms with Gasteiger partial charge in [-0.2, -0.15) is 0 Å². The second kappa shape index (κ2) is 4.23. The summed E-state index contributed by atoms with van der Waals surface area (Å²) >= 11 is 0. The van der Waals surface area contributed by atoms with Gasteiger partial charge in [0.25, 0.3) is 0 Å². The standard InChI is InChI=1S/C15H21NO2/c1-3-4-5-6-13-15-10-12(16(13)2)8-7-11(15)9-14(17)18-15/h7-9,12-13H,3-6,10H2,1-2H3/t12-,13-,15+/m1/s1. The van der Waals surface area contributed by atoms with Crippen molar-refractivity contribution >= 4 is 5.97 Å². The SMILES string of the molecule is CCCCC[C@H]1N(C)[C@@H]2C=CC3=CC(=O)O[C@@]31C2. The monoisotopic (exact) mass is 247 g/mol. The van der Waals surface area contributed by atoms with Gasteiger partial charge in [-0.15, -0.1) is 0 Å². The molecule has 3 atom stereocenters. The summed E-state index contributed by atoms with van der Waals surface area (Å²) in [5, 5.41) is 0. The molecule has 0 radical (unpaired) electrons. The molecule has 0 aromatic heterocycles. The number of nitrogens with zero attached hydrogens (tertiary/aromatic N) is 1. The smallest absolute Gasteiger partial charge is 0.332 e. The molecule has 18 heavy (non-hydrogen) atoms. The van der Waals surface area contributed by atoms with Crippen LogP contribution >= 0.6 is 0 Å². The number of esters is 1. The van der Waals surface area contributed by atoms with Crippen LogP contribution in [0.3, 0.4) is 0 Å². The molecule has 98 valence electrons. The van der Waals surface area contributed by atoms with Crippen molar-refractivity contribution in [3.63, 3.8) is 0 Å². The molecule has 2 heterocycles. The lowest BCUT2D eigenvalue weighted by Gasteiger charge is -2.33. The normalized spacial score (nSPS) is 37.7. The van der Waals surface area contributed by atoms with E-state index >= 15 is 0 Å². The Bertz CT molecular complexity index is 426. The lowest BCUT2D eigenvalue weighted by atomic mass is 9.81. The molecule has 0 amide bonds. The number of likely N-dealkylation sites (N-methyl/N-ethyl adjacent to an activating group) is 1. The third-order valence-electron chi connectivity index (χ3n) is 4.69. The second-order valence-corrected chi connectivity index (χ2v) is 5.72. The van der Waals surface area contributed by atoms with Gasteiger partial charge < -0.3 is 4.74 Å². The predicted molar refractivity (Wildman–Crippen MR) is 70.1 cm³/mol. The summed E-state index contributed by atoms with van der Waals surface area (Å²) in [4.78, 5) is 14.0. The van der Waals surface area contributed by atoms with E-state index in [1.807, 2.05) is 0 Å². The largest absolute Gasteiger partial charge is 0.449 e. The summed E-state index contributed by atoms with van der Waals surface area (Å²) in [6.45, 7) is 2.22. The second-order valence-electron chi connectivity index (χ2n) is 5.72. The molecule has 0 aromatic carbocycles. The van der Waals surface area contributed by atoms with Crippen LogP contribution in [-0.4, -0.2) is 35.6 Å². The zero-order valence-electron chi connectivity index (χ0n) is 11.2. The van der Waals surface area contributed by atoms with E-state index in [2.05, 4.69) is 31.0 Å². The molecular weight excluding hydrogens is 226 g/mol. The Kier molecular flexibility index (Phi) is 2.81. The summed E-state index contributed by atoms with van der Waals surface area (Å²) in [5.74, 6) is -0.161. The summed E-state index contributed by atoms with van der Waals surface area (Å²) in [5.41, 5.74) is 0.758. The third kappa shape index (κ3) is 1.57. The van der Waals surface area contributed by atoms with Gasteiger partial charge in [0.1, 0.15) is 0 Å². The first kappa shape index (κ1) is 12.0. The summed E-state index contributed by atoms with van der Waals surface area (Å²) in [7, 11) is 2.16. The van der Waals surface area contributed by atoms with Crippen LogP contribution in [-0.2, 0) is 9.53 Å². The number of unbranched alkanes of at least 4 members (excludes halogenated alkanes) is 2. The molecule has 1 spiro atoms. The highest BCUT2D eigenvalue weighted by Gasteiger charge is 2.58. The first-order valence-corrected chi connectivity index (χ1v) is 7.02. The molecule has 1 fully saturated rings. The van der Waals surface area contributed by atoms with Gasteiger partial charge in [0.15, 0.2) is 5.60 Å². The number of hydrogen-bond acceptors (Lipinski definition) is 3. The minimum atomic E-state index is -0.334. The van der Waals surface area contributed by atoms with E-state index in [9.17, 15) is 4.79 Å². The quantitative estimate of drug-likeness (QED) is 0.564. The minimum Gasteiger partial charge on any atom is -0.449 e. The van der Waals surface area contributed by atoms with E-state index in [0.717, 1.165) is 18.4 Å². The van der Waals surface area contributed by atoms with Gasteiger partial charge in [0, 0.05) is 24.1 Å². The van der Waals surface area contributed by atoms with Crippen LogP contribution < -0.4 is 0 Å². The number of carbonyl (C=O) groups is 1. The van der Waals surface area contributed by atoms with Crippen LogP contribution in [0.4, 0.5) is 0 Å². The van der Waals surface area contributed by atoms with Gasteiger partial charge in [-0.3, -0.25) is 4.90 Å². The Balaban J connectivity index is 1.86. The van der Waals surface area contributed by atoms with Crippen LogP contribution in [0.5, 0.6) is 0 Å². The molecule has 3 nitrogen and oxygen atoms in total. The van der Waals surface area contributed by atoms with Gasteiger partial charge in [-0.1, -0.05) is 38.3 Å². The zero-order chi connectivity index (χ0) is 12.8. The lowest BCUT2D eigenvalue weighted by molar-refractivity contribution is -0.147. The van der Waals surface area contributed by atoms with Crippen molar-refractivity contribution in [2.75, 3.05) is 7.05 Å². The van der Waals surface area contributed by atoms with Crippen molar-refractivity contribution in [1.29, 1.82) is 0 Å². The topological polar surface area (TPSA) is 29.5 Å². The Morgan fingerprint density at radius 3 is 3.11 bits per heavy atom. The Morgan fingerprint density at radius 2 is 2.33 bits per heavy atom. The molecule has 3 heteroatoms. The summed E-state index contributed by atoms with van der Waals surface area (Å²) < 4.78 is 5.73. The average molecular weight is 247 g/mol. The highest BCUT2D eigenvalue weighted by Crippen LogP contribution is 2.49. The van der Waals surface area contributed by atoms with Gasteiger partial charge >= 0.3 is 5.97 Å². The van der Waals surface area contributed by atoms with E-state index < -0.39 is 0 Å². The number of fused-ring (bicyclic) bond motifs is 1. The molecule has 2 aliphatic heterocycles. The van der Waals surface area contributed by atoms with Crippen LogP contribution in [0, 0.1) is 0 Å². The lowest BCUT2D eigenvalue weighted by Crippen LogP contribution is -2.44. The fourth-order valence-electron chi connectivity index (χ4n) is 3.72. The summed E-state index contributed by atoms with van der Waals surface area (Å²) in [6.07, 6.45) is 11.7. The highest BCUT2D eigenvalue weighted by molar-refractivity contribution is 5.88. The van der Waals surface area contributed by atoms with Crippen molar-refractivity contribution in [2.45, 2.75) is 56.7 Å². The predicted octanol–water partition coefficient (Wildman–Crippen LogP) is 2.43. The molecular formula is C15H21NO2. The van der Waals surface area contributed by atoms with Crippen molar-refractivity contribution in [2.24, 2.45) is 0 Å². The molecule has 0 N–H and O–H groups in total. The first-order valence-electron chi connectivity index (χ1n) is 7.02. The van der Waals surface area contributed by atoms with E-state index in [1.165, 1.54) is 19.3 Å². The van der Waals surface area contributed by atoms with Crippen LogP contribution in [0.15, 0.2) is 23.8 Å². The maximum atomic E-state index is 11.6. The minimum absolute atomic E-state index is 0.161. The fourth-order valence-corrected chi connectivity index (χ4v) is 3.72.